The lowest BCUT2D eigenvalue weighted by Crippen LogP contribution is -2.16. The second-order valence-electron chi connectivity index (χ2n) is 5.28. The van der Waals surface area contributed by atoms with Crippen LogP contribution in [-0.2, 0) is 14.3 Å². The largest absolute Gasteiger partial charge is 0.496 e. The zero-order valence-electron chi connectivity index (χ0n) is 13.7. The lowest BCUT2D eigenvalue weighted by Gasteiger charge is -2.16. The molecule has 1 rings (SSSR count). The third-order valence-corrected chi connectivity index (χ3v) is 3.01. The van der Waals surface area contributed by atoms with Crippen molar-refractivity contribution in [2.75, 3.05) is 13.7 Å². The molecule has 0 atom stereocenters. The van der Waals surface area contributed by atoms with Crippen molar-refractivity contribution in [1.82, 2.24) is 0 Å². The Bertz CT molecular complexity index is 587. The van der Waals surface area contributed by atoms with Crippen molar-refractivity contribution in [2.45, 2.75) is 27.7 Å². The summed E-state index contributed by atoms with van der Waals surface area (Å²) in [6, 6.07) is 3.44. The molecule has 0 radical (unpaired) electrons. The summed E-state index contributed by atoms with van der Waals surface area (Å²) in [5.41, 5.74) is 1.94. The Hall–Kier alpha value is -2.30. The number of hydrogen-bond donors (Lipinski definition) is 0. The van der Waals surface area contributed by atoms with Gasteiger partial charge >= 0.3 is 11.9 Å². The molecule has 0 aliphatic rings. The van der Waals surface area contributed by atoms with E-state index in [9.17, 15) is 9.59 Å². The maximum Gasteiger partial charge on any atom is 0.313 e. The summed E-state index contributed by atoms with van der Waals surface area (Å²) in [7, 11) is 1.56. The van der Waals surface area contributed by atoms with Gasteiger partial charge in [-0.3, -0.25) is 9.59 Å². The highest BCUT2D eigenvalue weighted by Crippen LogP contribution is 2.33. The first-order chi connectivity index (χ1) is 10.3. The molecule has 0 heterocycles. The zero-order valence-corrected chi connectivity index (χ0v) is 13.7. The minimum absolute atomic E-state index is 0.0216. The monoisotopic (exact) mass is 306 g/mol. The normalized spacial score (nSPS) is 10.3. The Labute approximate surface area is 130 Å². The third kappa shape index (κ3) is 4.62. The molecular formula is C17H22O5. The van der Waals surface area contributed by atoms with Gasteiger partial charge in [-0.2, -0.15) is 0 Å². The molecule has 0 amide bonds. The quantitative estimate of drug-likeness (QED) is 0.597. The molecule has 5 nitrogen and oxygen atoms in total. The second-order valence-corrected chi connectivity index (χ2v) is 5.28. The summed E-state index contributed by atoms with van der Waals surface area (Å²) < 4.78 is 15.6. The molecule has 1 aromatic rings. The van der Waals surface area contributed by atoms with Gasteiger partial charge in [0, 0.05) is 12.5 Å². The first kappa shape index (κ1) is 17.8. The Morgan fingerprint density at radius 1 is 1.23 bits per heavy atom. The number of ether oxygens (including phenoxy) is 3. The van der Waals surface area contributed by atoms with Gasteiger partial charge in [0.15, 0.2) is 0 Å². The van der Waals surface area contributed by atoms with Crippen LogP contribution in [0.1, 0.15) is 31.9 Å². The average Bonchev–Trinajstić information content (AvgIpc) is 2.44. The first-order valence-electron chi connectivity index (χ1n) is 6.98. The van der Waals surface area contributed by atoms with Crippen molar-refractivity contribution in [1.29, 1.82) is 0 Å². The fraction of sp³-hybridized carbons (Fsp3) is 0.412. The van der Waals surface area contributed by atoms with Crippen LogP contribution in [-0.4, -0.2) is 25.7 Å². The van der Waals surface area contributed by atoms with Crippen molar-refractivity contribution in [2.24, 2.45) is 5.92 Å². The molecule has 0 saturated carbocycles. The molecule has 0 aromatic heterocycles. The molecule has 0 fully saturated rings. The van der Waals surface area contributed by atoms with E-state index in [0.717, 1.165) is 5.56 Å². The fourth-order valence-electron chi connectivity index (χ4n) is 1.73. The number of hydrogen-bond acceptors (Lipinski definition) is 5. The summed E-state index contributed by atoms with van der Waals surface area (Å²) in [4.78, 5) is 22.8. The van der Waals surface area contributed by atoms with Crippen LogP contribution in [0.3, 0.4) is 0 Å². The fourth-order valence-corrected chi connectivity index (χ4v) is 1.73. The van der Waals surface area contributed by atoms with E-state index in [2.05, 4.69) is 6.58 Å². The van der Waals surface area contributed by atoms with Gasteiger partial charge in [-0.25, -0.2) is 0 Å². The number of esters is 2. The van der Waals surface area contributed by atoms with Crippen LogP contribution in [0.5, 0.6) is 11.5 Å². The second kappa shape index (κ2) is 7.64. The number of benzene rings is 1. The van der Waals surface area contributed by atoms with Gasteiger partial charge < -0.3 is 14.2 Å². The number of methoxy groups -OCH3 is 1. The van der Waals surface area contributed by atoms with E-state index >= 15 is 0 Å². The SMILES string of the molecule is C=C(COC(C)=O)c1cc(OC)c(C)cc1OC(=O)C(C)C. The molecule has 0 N–H and O–H groups in total. The van der Waals surface area contributed by atoms with E-state index in [0.29, 0.717) is 22.6 Å². The van der Waals surface area contributed by atoms with Crippen molar-refractivity contribution in [3.05, 3.63) is 29.8 Å². The molecule has 120 valence electrons. The minimum atomic E-state index is -0.402. The van der Waals surface area contributed by atoms with Gasteiger partial charge in [0.1, 0.15) is 18.1 Å². The lowest BCUT2D eigenvalue weighted by atomic mass is 10.0. The average molecular weight is 306 g/mol. The lowest BCUT2D eigenvalue weighted by molar-refractivity contribution is -0.140. The Balaban J connectivity index is 3.17. The molecule has 0 saturated heterocycles. The number of carbonyl (C=O) groups excluding carboxylic acids is 2. The summed E-state index contributed by atoms with van der Waals surface area (Å²) in [6.45, 7) is 10.6. The van der Waals surface area contributed by atoms with Crippen molar-refractivity contribution >= 4 is 17.5 Å². The van der Waals surface area contributed by atoms with Crippen LogP contribution in [0, 0.1) is 12.8 Å². The highest BCUT2D eigenvalue weighted by molar-refractivity contribution is 5.79. The summed E-state index contributed by atoms with van der Waals surface area (Å²) in [6.07, 6.45) is 0. The predicted octanol–water partition coefficient (Wildman–Crippen LogP) is 3.14. The van der Waals surface area contributed by atoms with Crippen LogP contribution < -0.4 is 9.47 Å². The molecule has 5 heteroatoms. The Morgan fingerprint density at radius 2 is 1.86 bits per heavy atom. The van der Waals surface area contributed by atoms with E-state index in [4.69, 9.17) is 14.2 Å². The minimum Gasteiger partial charge on any atom is -0.496 e. The Kier molecular flexibility index (Phi) is 6.16. The molecule has 1 aromatic carbocycles. The van der Waals surface area contributed by atoms with Crippen LogP contribution in [0.15, 0.2) is 18.7 Å². The standard InChI is InChI=1S/C17H22O5/c1-10(2)17(19)22-16-7-11(3)15(20-6)8-14(16)12(4)9-21-13(5)18/h7-8,10H,4,9H2,1-3,5-6H3. The number of carbonyl (C=O) groups is 2. The van der Waals surface area contributed by atoms with E-state index < -0.39 is 5.97 Å². The summed E-state index contributed by atoms with van der Waals surface area (Å²) >= 11 is 0. The van der Waals surface area contributed by atoms with Crippen LogP contribution in [0.25, 0.3) is 5.57 Å². The van der Waals surface area contributed by atoms with Gasteiger partial charge in [0.05, 0.1) is 13.0 Å². The summed E-state index contributed by atoms with van der Waals surface area (Å²) in [5, 5.41) is 0. The van der Waals surface area contributed by atoms with Gasteiger partial charge in [-0.1, -0.05) is 20.4 Å². The Morgan fingerprint density at radius 3 is 2.36 bits per heavy atom. The highest BCUT2D eigenvalue weighted by Gasteiger charge is 2.17. The number of rotatable bonds is 6. The smallest absolute Gasteiger partial charge is 0.313 e. The van der Waals surface area contributed by atoms with Crippen LogP contribution in [0.2, 0.25) is 0 Å². The maximum atomic E-state index is 11.9. The van der Waals surface area contributed by atoms with Gasteiger partial charge in [0.25, 0.3) is 0 Å². The zero-order chi connectivity index (χ0) is 16.9. The number of aryl methyl sites for hydroxylation is 1. The van der Waals surface area contributed by atoms with E-state index in [1.807, 2.05) is 6.92 Å². The predicted molar refractivity (Wildman–Crippen MR) is 83.9 cm³/mol. The molecule has 0 bridgehead atoms. The molecule has 0 unspecified atom stereocenters. The van der Waals surface area contributed by atoms with E-state index in [-0.39, 0.29) is 18.5 Å². The third-order valence-electron chi connectivity index (χ3n) is 3.01. The van der Waals surface area contributed by atoms with Gasteiger partial charge in [0.2, 0.25) is 0 Å². The van der Waals surface area contributed by atoms with Crippen molar-refractivity contribution in [3.63, 3.8) is 0 Å². The molecule has 22 heavy (non-hydrogen) atoms. The van der Waals surface area contributed by atoms with Gasteiger partial charge in [-0.15, -0.1) is 0 Å². The van der Waals surface area contributed by atoms with Crippen LogP contribution in [0.4, 0.5) is 0 Å². The molecule has 0 spiro atoms. The van der Waals surface area contributed by atoms with E-state index in [1.165, 1.54) is 6.92 Å². The first-order valence-corrected chi connectivity index (χ1v) is 6.98. The molecule has 0 aliphatic carbocycles. The maximum absolute atomic E-state index is 11.9. The highest BCUT2D eigenvalue weighted by atomic mass is 16.5. The van der Waals surface area contributed by atoms with Gasteiger partial charge in [-0.05, 0) is 30.2 Å². The van der Waals surface area contributed by atoms with Crippen molar-refractivity contribution in [3.8, 4) is 11.5 Å². The van der Waals surface area contributed by atoms with Crippen LogP contribution >= 0.6 is 0 Å². The topological polar surface area (TPSA) is 61.8 Å². The summed E-state index contributed by atoms with van der Waals surface area (Å²) in [5.74, 6) is 0.0292. The molecule has 0 aliphatic heterocycles. The van der Waals surface area contributed by atoms with E-state index in [1.54, 1.807) is 33.1 Å². The molecular weight excluding hydrogens is 284 g/mol. The van der Waals surface area contributed by atoms with Crippen molar-refractivity contribution < 1.29 is 23.8 Å².